The van der Waals surface area contributed by atoms with E-state index in [1.807, 2.05) is 37.7 Å². The minimum Gasteiger partial charge on any atom is -0.271 e. The Bertz CT molecular complexity index is 604. The van der Waals surface area contributed by atoms with Gasteiger partial charge in [-0.1, -0.05) is 17.7 Å². The highest BCUT2D eigenvalue weighted by Gasteiger charge is 2.18. The summed E-state index contributed by atoms with van der Waals surface area (Å²) in [5, 5.41) is 5.12. The molecule has 4 nitrogen and oxygen atoms in total. The van der Waals surface area contributed by atoms with E-state index in [0.29, 0.717) is 0 Å². The Labute approximate surface area is 132 Å². The number of rotatable bonds is 4. The van der Waals surface area contributed by atoms with Crippen LogP contribution in [0.5, 0.6) is 0 Å². The van der Waals surface area contributed by atoms with E-state index in [0.717, 1.165) is 38.4 Å². The lowest BCUT2D eigenvalue weighted by molar-refractivity contribution is 0.529. The number of benzene rings is 1. The van der Waals surface area contributed by atoms with Crippen LogP contribution in [0.1, 0.15) is 28.6 Å². The summed E-state index contributed by atoms with van der Waals surface area (Å²) >= 11 is 9.71. The molecule has 0 aliphatic rings. The van der Waals surface area contributed by atoms with E-state index in [1.165, 1.54) is 0 Å². The molecule has 2 aromatic rings. The van der Waals surface area contributed by atoms with E-state index in [-0.39, 0.29) is 6.04 Å². The van der Waals surface area contributed by atoms with Crippen LogP contribution in [0.15, 0.2) is 22.7 Å². The maximum absolute atomic E-state index is 6.13. The number of halogens is 2. The van der Waals surface area contributed by atoms with Crippen molar-refractivity contribution in [3.8, 4) is 0 Å². The Morgan fingerprint density at radius 2 is 2.10 bits per heavy atom. The highest BCUT2D eigenvalue weighted by atomic mass is 79.9. The van der Waals surface area contributed by atoms with Crippen molar-refractivity contribution in [3.05, 3.63) is 50.2 Å². The van der Waals surface area contributed by atoms with Gasteiger partial charge in [-0.2, -0.15) is 5.10 Å². The highest BCUT2D eigenvalue weighted by molar-refractivity contribution is 9.10. The molecule has 0 amide bonds. The van der Waals surface area contributed by atoms with Crippen LogP contribution in [-0.2, 0) is 13.5 Å². The molecule has 2 rings (SSSR count). The molecule has 108 valence electrons. The van der Waals surface area contributed by atoms with E-state index < -0.39 is 0 Å². The van der Waals surface area contributed by atoms with Crippen LogP contribution in [0.3, 0.4) is 0 Å². The largest absolute Gasteiger partial charge is 0.271 e. The Balaban J connectivity index is 2.33. The molecular weight excluding hydrogens is 340 g/mol. The number of hydrazine groups is 1. The SMILES string of the molecule is Cc1cc(Cl)cc(C(Cc2c(Br)c(C)nn2C)NN)c1. The standard InChI is InChI=1S/C14H18BrClN4/c1-8-4-10(6-11(16)5-8)12(18-17)7-13-14(15)9(2)19-20(13)3/h4-6,12,18H,7,17H2,1-3H3. The van der Waals surface area contributed by atoms with Crippen molar-refractivity contribution in [1.29, 1.82) is 0 Å². The first-order chi connectivity index (χ1) is 9.42. The summed E-state index contributed by atoms with van der Waals surface area (Å²) in [6.45, 7) is 4.00. The van der Waals surface area contributed by atoms with Crippen LogP contribution in [0.2, 0.25) is 5.02 Å². The molecule has 3 N–H and O–H groups in total. The summed E-state index contributed by atoms with van der Waals surface area (Å²) in [6.07, 6.45) is 0.730. The molecular formula is C14H18BrClN4. The van der Waals surface area contributed by atoms with E-state index in [1.54, 1.807) is 0 Å². The number of hydrogen-bond acceptors (Lipinski definition) is 3. The van der Waals surface area contributed by atoms with E-state index >= 15 is 0 Å². The zero-order valence-electron chi connectivity index (χ0n) is 11.7. The predicted octanol–water partition coefficient (Wildman–Crippen LogP) is 3.20. The third-order valence-corrected chi connectivity index (χ3v) is 4.58. The van der Waals surface area contributed by atoms with Gasteiger partial charge in [0.1, 0.15) is 0 Å². The van der Waals surface area contributed by atoms with E-state index in [9.17, 15) is 0 Å². The fourth-order valence-corrected chi connectivity index (χ4v) is 3.13. The molecule has 0 saturated heterocycles. The third-order valence-electron chi connectivity index (χ3n) is 3.33. The van der Waals surface area contributed by atoms with Gasteiger partial charge in [-0.15, -0.1) is 0 Å². The summed E-state index contributed by atoms with van der Waals surface area (Å²) < 4.78 is 2.90. The van der Waals surface area contributed by atoms with Crippen molar-refractivity contribution in [3.63, 3.8) is 0 Å². The van der Waals surface area contributed by atoms with Gasteiger partial charge in [0, 0.05) is 18.5 Å². The molecule has 20 heavy (non-hydrogen) atoms. The summed E-state index contributed by atoms with van der Waals surface area (Å²) in [5.41, 5.74) is 7.13. The van der Waals surface area contributed by atoms with Gasteiger partial charge in [-0.3, -0.25) is 16.0 Å². The smallest absolute Gasteiger partial charge is 0.0738 e. The van der Waals surface area contributed by atoms with Crippen LogP contribution >= 0.6 is 27.5 Å². The number of aryl methyl sites for hydroxylation is 3. The summed E-state index contributed by atoms with van der Waals surface area (Å²) in [6, 6.07) is 5.95. The minimum absolute atomic E-state index is 0.0153. The summed E-state index contributed by atoms with van der Waals surface area (Å²) in [4.78, 5) is 0. The lowest BCUT2D eigenvalue weighted by Crippen LogP contribution is -2.30. The molecule has 0 fully saturated rings. The van der Waals surface area contributed by atoms with Crippen molar-refractivity contribution >= 4 is 27.5 Å². The van der Waals surface area contributed by atoms with Crippen LogP contribution in [0.25, 0.3) is 0 Å². The van der Waals surface area contributed by atoms with Gasteiger partial charge in [-0.25, -0.2) is 0 Å². The quantitative estimate of drug-likeness (QED) is 0.652. The first kappa shape index (κ1) is 15.5. The Morgan fingerprint density at radius 1 is 1.40 bits per heavy atom. The van der Waals surface area contributed by atoms with Crippen molar-refractivity contribution in [2.45, 2.75) is 26.3 Å². The fourth-order valence-electron chi connectivity index (χ4n) is 2.33. The molecule has 6 heteroatoms. The van der Waals surface area contributed by atoms with E-state index in [4.69, 9.17) is 17.4 Å². The molecule has 0 aliphatic heterocycles. The molecule has 0 aliphatic carbocycles. The maximum Gasteiger partial charge on any atom is 0.0738 e. The van der Waals surface area contributed by atoms with E-state index in [2.05, 4.69) is 32.5 Å². The van der Waals surface area contributed by atoms with Gasteiger partial charge in [0.2, 0.25) is 0 Å². The number of nitrogens with one attached hydrogen (secondary N) is 1. The van der Waals surface area contributed by atoms with Crippen molar-refractivity contribution < 1.29 is 0 Å². The first-order valence-corrected chi connectivity index (χ1v) is 7.50. The molecule has 0 spiro atoms. The molecule has 0 saturated carbocycles. The van der Waals surface area contributed by atoms with Gasteiger partial charge < -0.3 is 0 Å². The average Bonchev–Trinajstić information content (AvgIpc) is 2.60. The maximum atomic E-state index is 6.13. The Hall–Kier alpha value is -0.880. The normalized spacial score (nSPS) is 12.7. The first-order valence-electron chi connectivity index (χ1n) is 6.33. The number of nitrogens with two attached hydrogens (primary N) is 1. The molecule has 1 unspecified atom stereocenters. The molecule has 1 aromatic heterocycles. The van der Waals surface area contributed by atoms with Gasteiger partial charge in [0.25, 0.3) is 0 Å². The average molecular weight is 358 g/mol. The summed E-state index contributed by atoms with van der Waals surface area (Å²) in [7, 11) is 1.93. The molecule has 0 bridgehead atoms. The summed E-state index contributed by atoms with van der Waals surface area (Å²) in [5.74, 6) is 5.72. The Morgan fingerprint density at radius 3 is 2.60 bits per heavy atom. The van der Waals surface area contributed by atoms with Crippen molar-refractivity contribution in [2.24, 2.45) is 12.9 Å². The van der Waals surface area contributed by atoms with Crippen LogP contribution in [-0.4, -0.2) is 9.78 Å². The van der Waals surface area contributed by atoms with Gasteiger partial charge in [0.05, 0.1) is 21.9 Å². The minimum atomic E-state index is -0.0153. The highest BCUT2D eigenvalue weighted by Crippen LogP contribution is 2.27. The molecule has 0 radical (unpaired) electrons. The van der Waals surface area contributed by atoms with Crippen molar-refractivity contribution in [2.75, 3.05) is 0 Å². The van der Waals surface area contributed by atoms with Crippen molar-refractivity contribution in [1.82, 2.24) is 15.2 Å². The third kappa shape index (κ3) is 3.23. The second-order valence-corrected chi connectivity index (χ2v) is 6.18. The number of hydrogen-bond donors (Lipinski definition) is 2. The zero-order valence-corrected chi connectivity index (χ0v) is 14.1. The fraction of sp³-hybridized carbons (Fsp3) is 0.357. The molecule has 1 aromatic carbocycles. The molecule has 1 atom stereocenters. The lowest BCUT2D eigenvalue weighted by Gasteiger charge is -2.18. The van der Waals surface area contributed by atoms with Crippen LogP contribution in [0.4, 0.5) is 0 Å². The van der Waals surface area contributed by atoms with Crippen LogP contribution in [0, 0.1) is 13.8 Å². The monoisotopic (exact) mass is 356 g/mol. The topological polar surface area (TPSA) is 55.9 Å². The zero-order chi connectivity index (χ0) is 14.9. The second-order valence-electron chi connectivity index (χ2n) is 4.95. The van der Waals surface area contributed by atoms with Gasteiger partial charge >= 0.3 is 0 Å². The Kier molecular flexibility index (Phi) is 4.86. The predicted molar refractivity (Wildman–Crippen MR) is 85.6 cm³/mol. The van der Waals surface area contributed by atoms with Crippen LogP contribution < -0.4 is 11.3 Å². The van der Waals surface area contributed by atoms with Gasteiger partial charge in [0.15, 0.2) is 0 Å². The molecule has 1 heterocycles. The lowest BCUT2D eigenvalue weighted by atomic mass is 10.0. The van der Waals surface area contributed by atoms with Gasteiger partial charge in [-0.05, 0) is 53.0 Å². The second kappa shape index (κ2) is 6.26. The number of aromatic nitrogens is 2. The number of nitrogens with zero attached hydrogens (tertiary/aromatic N) is 2.